The molecule has 0 radical (unpaired) electrons. The molecule has 2 aromatic heterocycles. The molecule has 1 fully saturated rings. The van der Waals surface area contributed by atoms with E-state index in [4.69, 9.17) is 9.47 Å². The quantitative estimate of drug-likeness (QED) is 0.547. The minimum Gasteiger partial charge on any atom is -0.487 e. The average molecular weight is 439 g/mol. The maximum atomic E-state index is 13.3. The molecule has 0 N–H and O–H groups in total. The molecule has 7 nitrogen and oxygen atoms in total. The first kappa shape index (κ1) is 20.4. The first-order valence-corrected chi connectivity index (χ1v) is 10.7. The summed E-state index contributed by atoms with van der Waals surface area (Å²) in [5.41, 5.74) is -0.346. The highest BCUT2D eigenvalue weighted by atomic mass is 32.2. The summed E-state index contributed by atoms with van der Waals surface area (Å²) in [4.78, 5) is 4.27. The number of hydrogen-bond acceptors (Lipinski definition) is 6. The third-order valence-corrected chi connectivity index (χ3v) is 5.51. The van der Waals surface area contributed by atoms with E-state index in [0.29, 0.717) is 17.9 Å². The van der Waals surface area contributed by atoms with E-state index >= 15 is 0 Å². The lowest BCUT2D eigenvalue weighted by molar-refractivity contribution is -0.137. The van der Waals surface area contributed by atoms with E-state index in [1.165, 1.54) is 35.1 Å². The second-order valence-corrected chi connectivity index (χ2v) is 8.74. The van der Waals surface area contributed by atoms with Gasteiger partial charge in [-0.3, -0.25) is 4.98 Å². The number of hydrogen-bond donors (Lipinski definition) is 0. The van der Waals surface area contributed by atoms with E-state index in [-0.39, 0.29) is 22.9 Å². The zero-order valence-electron chi connectivity index (χ0n) is 15.6. The monoisotopic (exact) mass is 439 g/mol. The van der Waals surface area contributed by atoms with Crippen LogP contribution in [0.5, 0.6) is 5.75 Å². The van der Waals surface area contributed by atoms with Crippen molar-refractivity contribution in [3.63, 3.8) is 0 Å². The molecule has 1 aromatic carbocycles. The van der Waals surface area contributed by atoms with Gasteiger partial charge in [-0.05, 0) is 29.8 Å². The molecule has 0 amide bonds. The van der Waals surface area contributed by atoms with Crippen LogP contribution in [0.15, 0.2) is 53.7 Å². The Bertz CT molecular complexity index is 1170. The van der Waals surface area contributed by atoms with Crippen molar-refractivity contribution < 1.29 is 31.1 Å². The topological polar surface area (TPSA) is 86.6 Å². The lowest BCUT2D eigenvalue weighted by Gasteiger charge is -2.11. The SMILES string of the molecule is CS(=O)(=O)c1cccc(COc2ccc(-c3c(C(F)(F)F)cnn3C3CO3)nc2)c1. The van der Waals surface area contributed by atoms with Gasteiger partial charge in [0.1, 0.15) is 23.6 Å². The standard InChI is InChI=1S/C19H16F3N3O4S/c1-30(26,27)14-4-2-3-12(7-14)10-28-13-5-6-16(23-8-13)18-15(19(20,21)22)9-24-25(18)17-11-29-17/h2-9,17H,10-11H2,1H3. The largest absolute Gasteiger partial charge is 0.487 e. The molecule has 1 unspecified atom stereocenters. The minimum atomic E-state index is -4.58. The summed E-state index contributed by atoms with van der Waals surface area (Å²) in [5.74, 6) is 0.325. The summed E-state index contributed by atoms with van der Waals surface area (Å²) < 4.78 is 75.1. The zero-order valence-corrected chi connectivity index (χ0v) is 16.4. The molecule has 4 rings (SSSR count). The Hall–Kier alpha value is -2.92. The zero-order chi connectivity index (χ0) is 21.5. The first-order valence-electron chi connectivity index (χ1n) is 8.77. The Labute approximate surface area is 170 Å². The molecular formula is C19H16F3N3O4S. The van der Waals surface area contributed by atoms with E-state index in [9.17, 15) is 21.6 Å². The number of sulfone groups is 1. The molecule has 1 saturated heterocycles. The smallest absolute Gasteiger partial charge is 0.420 e. The molecule has 1 atom stereocenters. The van der Waals surface area contributed by atoms with E-state index in [1.807, 2.05) is 0 Å². The number of alkyl halides is 3. The van der Waals surface area contributed by atoms with Crippen molar-refractivity contribution in [2.24, 2.45) is 0 Å². The minimum absolute atomic E-state index is 0.0754. The van der Waals surface area contributed by atoms with Gasteiger partial charge in [0.15, 0.2) is 16.1 Å². The van der Waals surface area contributed by atoms with Crippen LogP contribution in [0.25, 0.3) is 11.4 Å². The Kier molecular flexibility index (Phi) is 5.02. The van der Waals surface area contributed by atoms with Crippen LogP contribution >= 0.6 is 0 Å². The second-order valence-electron chi connectivity index (χ2n) is 6.72. The summed E-state index contributed by atoms with van der Waals surface area (Å²) in [5, 5.41) is 3.80. The van der Waals surface area contributed by atoms with E-state index < -0.39 is 27.8 Å². The number of rotatable bonds is 6. The average Bonchev–Trinajstić information content (AvgIpc) is 3.43. The highest BCUT2D eigenvalue weighted by molar-refractivity contribution is 7.90. The highest BCUT2D eigenvalue weighted by Gasteiger charge is 2.40. The predicted molar refractivity (Wildman–Crippen MR) is 99.3 cm³/mol. The molecule has 3 aromatic rings. The number of pyridine rings is 1. The van der Waals surface area contributed by atoms with Gasteiger partial charge in [0.05, 0.1) is 29.6 Å². The molecule has 0 saturated carbocycles. The highest BCUT2D eigenvalue weighted by Crippen LogP contribution is 2.39. The fourth-order valence-electron chi connectivity index (χ4n) is 2.87. The third kappa shape index (κ3) is 4.31. The molecule has 11 heteroatoms. The van der Waals surface area contributed by atoms with Crippen LogP contribution in [0.2, 0.25) is 0 Å². The van der Waals surface area contributed by atoms with Gasteiger partial charge in [0, 0.05) is 6.26 Å². The number of halogens is 3. The van der Waals surface area contributed by atoms with Crippen molar-refractivity contribution in [1.82, 2.24) is 14.8 Å². The van der Waals surface area contributed by atoms with Gasteiger partial charge < -0.3 is 9.47 Å². The summed E-state index contributed by atoms with van der Waals surface area (Å²) >= 11 is 0. The van der Waals surface area contributed by atoms with Crippen LogP contribution in [0.1, 0.15) is 17.4 Å². The van der Waals surface area contributed by atoms with Gasteiger partial charge in [0.25, 0.3) is 0 Å². The molecule has 0 bridgehead atoms. The van der Waals surface area contributed by atoms with E-state index in [0.717, 1.165) is 12.5 Å². The Morgan fingerprint density at radius 1 is 1.23 bits per heavy atom. The van der Waals surface area contributed by atoms with Gasteiger partial charge in [-0.1, -0.05) is 12.1 Å². The van der Waals surface area contributed by atoms with Crippen LogP contribution in [0, 0.1) is 0 Å². The van der Waals surface area contributed by atoms with Gasteiger partial charge in [-0.15, -0.1) is 0 Å². The normalized spacial score (nSPS) is 16.5. The van der Waals surface area contributed by atoms with Crippen molar-refractivity contribution >= 4 is 9.84 Å². The molecule has 3 heterocycles. The fourth-order valence-corrected chi connectivity index (χ4v) is 3.56. The van der Waals surface area contributed by atoms with Crippen LogP contribution in [0.3, 0.4) is 0 Å². The molecule has 158 valence electrons. The van der Waals surface area contributed by atoms with Gasteiger partial charge in [-0.2, -0.15) is 18.3 Å². The maximum absolute atomic E-state index is 13.3. The molecule has 0 spiro atoms. The Morgan fingerprint density at radius 2 is 2.00 bits per heavy atom. The molecular weight excluding hydrogens is 423 g/mol. The van der Waals surface area contributed by atoms with E-state index in [2.05, 4.69) is 10.1 Å². The van der Waals surface area contributed by atoms with Crippen LogP contribution in [-0.2, 0) is 27.4 Å². The van der Waals surface area contributed by atoms with Crippen molar-refractivity contribution in [3.05, 3.63) is 59.9 Å². The third-order valence-electron chi connectivity index (χ3n) is 4.40. The second kappa shape index (κ2) is 7.40. The predicted octanol–water partition coefficient (Wildman–Crippen LogP) is 3.48. The molecule has 0 aliphatic carbocycles. The lowest BCUT2D eigenvalue weighted by atomic mass is 10.1. The Balaban J connectivity index is 1.54. The summed E-state index contributed by atoms with van der Waals surface area (Å²) in [6, 6.07) is 9.21. The summed E-state index contributed by atoms with van der Waals surface area (Å²) in [7, 11) is -3.34. The number of ether oxygens (including phenoxy) is 2. The van der Waals surface area contributed by atoms with Gasteiger partial charge in [-0.25, -0.2) is 13.1 Å². The summed E-state index contributed by atoms with van der Waals surface area (Å²) in [6.07, 6.45) is -1.93. The van der Waals surface area contributed by atoms with Gasteiger partial charge >= 0.3 is 6.18 Å². The number of aromatic nitrogens is 3. The number of benzene rings is 1. The number of nitrogens with zero attached hydrogens (tertiary/aromatic N) is 3. The van der Waals surface area contributed by atoms with Crippen LogP contribution in [-0.4, -0.2) is 36.0 Å². The summed E-state index contributed by atoms with van der Waals surface area (Å²) in [6.45, 7) is 0.367. The van der Waals surface area contributed by atoms with Crippen molar-refractivity contribution in [2.45, 2.75) is 23.9 Å². The maximum Gasteiger partial charge on any atom is 0.420 e. The van der Waals surface area contributed by atoms with Crippen molar-refractivity contribution in [3.8, 4) is 17.1 Å². The fraction of sp³-hybridized carbons (Fsp3) is 0.263. The van der Waals surface area contributed by atoms with Crippen LogP contribution < -0.4 is 4.74 Å². The van der Waals surface area contributed by atoms with Crippen molar-refractivity contribution in [1.29, 1.82) is 0 Å². The Morgan fingerprint density at radius 3 is 2.60 bits per heavy atom. The van der Waals surface area contributed by atoms with Crippen LogP contribution in [0.4, 0.5) is 13.2 Å². The number of epoxide rings is 1. The molecule has 30 heavy (non-hydrogen) atoms. The lowest BCUT2D eigenvalue weighted by Crippen LogP contribution is -2.09. The van der Waals surface area contributed by atoms with E-state index in [1.54, 1.807) is 12.1 Å². The molecule has 1 aliphatic heterocycles. The first-order chi connectivity index (χ1) is 14.1. The molecule has 1 aliphatic rings. The van der Waals surface area contributed by atoms with Crippen molar-refractivity contribution in [2.75, 3.05) is 12.9 Å². The van der Waals surface area contributed by atoms with Gasteiger partial charge in [0.2, 0.25) is 0 Å².